The van der Waals surface area contributed by atoms with Gasteiger partial charge in [-0.2, -0.15) is 0 Å². The molecule has 0 aromatic carbocycles. The summed E-state index contributed by atoms with van der Waals surface area (Å²) < 4.78 is 5.60. The summed E-state index contributed by atoms with van der Waals surface area (Å²) in [6.45, 7) is 4.54. The van der Waals surface area contributed by atoms with Crippen molar-refractivity contribution in [2.75, 3.05) is 0 Å². The van der Waals surface area contributed by atoms with Crippen LogP contribution in [0.1, 0.15) is 200 Å². The molecule has 1 radical (unpaired) electrons. The van der Waals surface area contributed by atoms with E-state index in [1.165, 1.54) is 148 Å². The molecule has 3 heteroatoms. The Balaban J connectivity index is 3.53. The van der Waals surface area contributed by atoms with Gasteiger partial charge >= 0.3 is 5.97 Å². The van der Waals surface area contributed by atoms with Gasteiger partial charge in [0.05, 0.1) is 6.42 Å². The topological polar surface area (TPSA) is 43.4 Å². The van der Waals surface area contributed by atoms with E-state index in [4.69, 9.17) is 4.74 Å². The molecule has 0 spiro atoms. The minimum Gasteiger partial charge on any atom is -0.462 e. The number of ether oxygens (including phenoxy) is 1. The zero-order valence-corrected chi connectivity index (χ0v) is 25.3. The lowest BCUT2D eigenvalue weighted by Gasteiger charge is -2.15. The molecular weight excluding hydrogens is 456 g/mol. The molecule has 0 rings (SSSR count). The lowest BCUT2D eigenvalue weighted by molar-refractivity contribution is -0.149. The molecule has 0 bridgehead atoms. The van der Waals surface area contributed by atoms with Gasteiger partial charge in [0.15, 0.2) is 0 Å². The largest absolute Gasteiger partial charge is 0.462 e. The number of unbranched alkanes of at least 4 members (excludes halogenated alkanes) is 24. The van der Waals surface area contributed by atoms with Crippen molar-refractivity contribution in [3.8, 4) is 0 Å². The molecule has 0 saturated heterocycles. The predicted octanol–water partition coefficient (Wildman–Crippen LogP) is 11.4. The molecule has 0 aliphatic carbocycles. The van der Waals surface area contributed by atoms with Gasteiger partial charge in [-0.05, 0) is 19.3 Å². The number of rotatable bonds is 31. The van der Waals surface area contributed by atoms with Crippen molar-refractivity contribution in [1.29, 1.82) is 0 Å². The van der Waals surface area contributed by atoms with Gasteiger partial charge in [0, 0.05) is 6.42 Å². The van der Waals surface area contributed by atoms with Crippen LogP contribution in [-0.2, 0) is 14.3 Å². The fourth-order valence-electron chi connectivity index (χ4n) is 5.22. The SMILES string of the molecule is CCCCCCCCCCCCCCCC(=O)OC(C[C]=O)CCCCCCCCCCCCCCC. The molecule has 1 unspecified atom stereocenters. The van der Waals surface area contributed by atoms with Crippen molar-refractivity contribution in [2.45, 2.75) is 206 Å². The third-order valence-electron chi connectivity index (χ3n) is 7.72. The highest BCUT2D eigenvalue weighted by Crippen LogP contribution is 2.16. The highest BCUT2D eigenvalue weighted by molar-refractivity contribution is 5.69. The van der Waals surface area contributed by atoms with Gasteiger partial charge in [0.25, 0.3) is 0 Å². The Labute approximate surface area is 232 Å². The molecule has 0 aliphatic heterocycles. The third-order valence-corrected chi connectivity index (χ3v) is 7.72. The summed E-state index contributed by atoms with van der Waals surface area (Å²) in [4.78, 5) is 23.1. The van der Waals surface area contributed by atoms with Crippen LogP contribution in [0.15, 0.2) is 0 Å². The van der Waals surface area contributed by atoms with Crippen molar-refractivity contribution >= 4 is 12.3 Å². The second-order valence-electron chi connectivity index (χ2n) is 11.5. The third kappa shape index (κ3) is 29.5. The molecule has 0 amide bonds. The van der Waals surface area contributed by atoms with Gasteiger partial charge in [-0.3, -0.25) is 9.59 Å². The van der Waals surface area contributed by atoms with Crippen molar-refractivity contribution in [3.05, 3.63) is 0 Å². The Kier molecular flexibility index (Phi) is 30.6. The summed E-state index contributed by atoms with van der Waals surface area (Å²) in [6, 6.07) is 0. The number of hydrogen-bond donors (Lipinski definition) is 0. The van der Waals surface area contributed by atoms with Crippen molar-refractivity contribution in [2.24, 2.45) is 0 Å². The Morgan fingerprint density at radius 1 is 0.514 bits per heavy atom. The summed E-state index contributed by atoms with van der Waals surface area (Å²) in [5.74, 6) is -0.127. The molecule has 1 atom stereocenters. The summed E-state index contributed by atoms with van der Waals surface area (Å²) in [5, 5.41) is 0. The van der Waals surface area contributed by atoms with Crippen LogP contribution in [0.3, 0.4) is 0 Å². The summed E-state index contributed by atoms with van der Waals surface area (Å²) in [6.07, 6.45) is 37.4. The molecule has 0 N–H and O–H groups in total. The van der Waals surface area contributed by atoms with Crippen molar-refractivity contribution in [1.82, 2.24) is 0 Å². The normalized spacial score (nSPS) is 12.1. The van der Waals surface area contributed by atoms with Crippen molar-refractivity contribution in [3.63, 3.8) is 0 Å². The maximum atomic E-state index is 12.2. The fourth-order valence-corrected chi connectivity index (χ4v) is 5.22. The number of esters is 1. The maximum Gasteiger partial charge on any atom is 0.306 e. The number of carbonyl (C=O) groups excluding carboxylic acids is 2. The van der Waals surface area contributed by atoms with Gasteiger partial charge in [0.2, 0.25) is 6.29 Å². The zero-order chi connectivity index (χ0) is 27.1. The minimum absolute atomic E-state index is 0.127. The van der Waals surface area contributed by atoms with E-state index >= 15 is 0 Å². The van der Waals surface area contributed by atoms with Crippen molar-refractivity contribution < 1.29 is 14.3 Å². The maximum absolute atomic E-state index is 12.2. The molecule has 3 nitrogen and oxygen atoms in total. The summed E-state index contributed by atoms with van der Waals surface area (Å²) >= 11 is 0. The smallest absolute Gasteiger partial charge is 0.306 e. The van der Waals surface area contributed by atoms with Crippen LogP contribution in [-0.4, -0.2) is 18.4 Å². The van der Waals surface area contributed by atoms with Gasteiger partial charge in [-0.15, -0.1) is 0 Å². The molecule has 0 aromatic heterocycles. The average molecular weight is 522 g/mol. The first-order valence-corrected chi connectivity index (χ1v) is 16.8. The predicted molar refractivity (Wildman–Crippen MR) is 161 cm³/mol. The molecule has 0 heterocycles. The first kappa shape index (κ1) is 36.1. The fraction of sp³-hybridized carbons (Fsp3) is 0.941. The molecule has 37 heavy (non-hydrogen) atoms. The van der Waals surface area contributed by atoms with Crippen LogP contribution >= 0.6 is 0 Å². The molecule has 0 fully saturated rings. The lowest BCUT2D eigenvalue weighted by atomic mass is 10.0. The molecule has 0 aliphatic rings. The molecule has 0 aromatic rings. The molecule has 0 saturated carbocycles. The van der Waals surface area contributed by atoms with Crippen LogP contribution in [0.5, 0.6) is 0 Å². The van der Waals surface area contributed by atoms with E-state index in [9.17, 15) is 9.59 Å². The van der Waals surface area contributed by atoms with E-state index in [-0.39, 0.29) is 18.5 Å². The highest BCUT2D eigenvalue weighted by Gasteiger charge is 2.14. The van der Waals surface area contributed by atoms with E-state index in [0.717, 1.165) is 25.7 Å². The second-order valence-corrected chi connectivity index (χ2v) is 11.5. The second kappa shape index (κ2) is 31.4. The standard InChI is InChI=1S/C34H65O3/c1-3-5-7-9-11-13-15-17-19-21-23-25-27-29-33(31-32-35)37-34(36)30-28-26-24-22-20-18-16-14-12-10-8-6-4-2/h33H,3-31H2,1-2H3. The van der Waals surface area contributed by atoms with Gasteiger partial charge in [-0.25, -0.2) is 0 Å². The first-order valence-electron chi connectivity index (χ1n) is 16.8. The van der Waals surface area contributed by atoms with E-state index in [0.29, 0.717) is 6.42 Å². The van der Waals surface area contributed by atoms with Crippen LogP contribution < -0.4 is 0 Å². The Morgan fingerprint density at radius 3 is 1.19 bits per heavy atom. The zero-order valence-electron chi connectivity index (χ0n) is 25.3. The first-order chi connectivity index (χ1) is 18.2. The van der Waals surface area contributed by atoms with E-state index < -0.39 is 0 Å². The van der Waals surface area contributed by atoms with Crippen LogP contribution in [0.2, 0.25) is 0 Å². The summed E-state index contributed by atoms with van der Waals surface area (Å²) in [7, 11) is 0. The number of carbonyl (C=O) groups is 1. The Hall–Kier alpha value is -0.860. The van der Waals surface area contributed by atoms with E-state index in [2.05, 4.69) is 13.8 Å². The lowest BCUT2D eigenvalue weighted by Crippen LogP contribution is -2.18. The Bertz CT molecular complexity index is 462. The monoisotopic (exact) mass is 521 g/mol. The number of hydrogen-bond acceptors (Lipinski definition) is 3. The van der Waals surface area contributed by atoms with Crippen LogP contribution in [0.25, 0.3) is 0 Å². The van der Waals surface area contributed by atoms with Gasteiger partial charge in [0.1, 0.15) is 6.10 Å². The van der Waals surface area contributed by atoms with Crippen LogP contribution in [0, 0.1) is 0 Å². The summed E-state index contributed by atoms with van der Waals surface area (Å²) in [5.41, 5.74) is 0. The van der Waals surface area contributed by atoms with E-state index in [1.54, 1.807) is 0 Å². The highest BCUT2D eigenvalue weighted by atomic mass is 16.5. The van der Waals surface area contributed by atoms with Crippen LogP contribution in [0.4, 0.5) is 0 Å². The molecular formula is C34H65O3. The van der Waals surface area contributed by atoms with E-state index in [1.807, 2.05) is 6.29 Å². The average Bonchev–Trinajstić information content (AvgIpc) is 2.89. The van der Waals surface area contributed by atoms with Gasteiger partial charge < -0.3 is 4.74 Å². The van der Waals surface area contributed by atoms with Gasteiger partial charge in [-0.1, -0.05) is 168 Å². The molecule has 219 valence electrons. The Morgan fingerprint density at radius 2 is 0.838 bits per heavy atom. The minimum atomic E-state index is -0.264. The quantitative estimate of drug-likeness (QED) is 0.0673.